The molecule has 0 atom stereocenters. The van der Waals surface area contributed by atoms with E-state index in [0.29, 0.717) is 22.6 Å². The summed E-state index contributed by atoms with van der Waals surface area (Å²) in [6.45, 7) is 0. The molecule has 0 amide bonds. The minimum absolute atomic E-state index is 0.516. The highest BCUT2D eigenvalue weighted by molar-refractivity contribution is 5.92. The molecule has 6 heteroatoms. The summed E-state index contributed by atoms with van der Waals surface area (Å²) in [7, 11) is 1.78. The smallest absolute Gasteiger partial charge is 0.139 e. The SMILES string of the molecule is Cn1cc(C#N)c(-c2cc3c(N)ccnc3[nH]2)n1. The molecule has 88 valence electrons. The Morgan fingerprint density at radius 3 is 3.06 bits per heavy atom. The molecule has 0 aromatic carbocycles. The summed E-state index contributed by atoms with van der Waals surface area (Å²) in [5.41, 5.74) is 9.08. The van der Waals surface area contributed by atoms with E-state index in [1.807, 2.05) is 6.07 Å². The highest BCUT2D eigenvalue weighted by Crippen LogP contribution is 2.27. The molecule has 0 bridgehead atoms. The first-order chi connectivity index (χ1) is 8.69. The largest absolute Gasteiger partial charge is 0.398 e. The number of fused-ring (bicyclic) bond motifs is 1. The lowest BCUT2D eigenvalue weighted by Gasteiger charge is -1.91. The topological polar surface area (TPSA) is 96.3 Å². The van der Waals surface area contributed by atoms with E-state index in [2.05, 4.69) is 21.1 Å². The Hall–Kier alpha value is -2.81. The van der Waals surface area contributed by atoms with Gasteiger partial charge in [-0.1, -0.05) is 0 Å². The van der Waals surface area contributed by atoms with Crippen LogP contribution in [0.1, 0.15) is 5.56 Å². The number of nitrogens with two attached hydrogens (primary N) is 1. The fraction of sp³-hybridized carbons (Fsp3) is 0.0833. The Morgan fingerprint density at radius 1 is 1.50 bits per heavy atom. The Labute approximate surface area is 103 Å². The van der Waals surface area contributed by atoms with Crippen molar-refractivity contribution in [1.82, 2.24) is 19.7 Å². The minimum Gasteiger partial charge on any atom is -0.398 e. The Morgan fingerprint density at radius 2 is 2.33 bits per heavy atom. The zero-order valence-corrected chi connectivity index (χ0v) is 9.68. The van der Waals surface area contributed by atoms with E-state index < -0.39 is 0 Å². The number of aromatic amines is 1. The van der Waals surface area contributed by atoms with Crippen LogP contribution in [0, 0.1) is 11.3 Å². The molecule has 3 heterocycles. The number of aryl methyl sites for hydroxylation is 1. The van der Waals surface area contributed by atoms with Gasteiger partial charge < -0.3 is 10.7 Å². The maximum atomic E-state index is 9.07. The fourth-order valence-electron chi connectivity index (χ4n) is 1.94. The molecule has 0 radical (unpaired) electrons. The van der Waals surface area contributed by atoms with Crippen molar-refractivity contribution in [3.8, 4) is 17.5 Å². The van der Waals surface area contributed by atoms with Crippen molar-refractivity contribution in [3.63, 3.8) is 0 Å². The Bertz CT molecular complexity index is 774. The maximum absolute atomic E-state index is 9.07. The average Bonchev–Trinajstić information content (AvgIpc) is 2.92. The lowest BCUT2D eigenvalue weighted by molar-refractivity contribution is 0.770. The summed E-state index contributed by atoms with van der Waals surface area (Å²) < 4.78 is 1.61. The molecule has 0 unspecified atom stereocenters. The van der Waals surface area contributed by atoms with Crippen LogP contribution in [-0.4, -0.2) is 19.7 Å². The number of aromatic nitrogens is 4. The zero-order valence-electron chi connectivity index (χ0n) is 9.68. The Kier molecular flexibility index (Phi) is 2.07. The minimum atomic E-state index is 0.516. The zero-order chi connectivity index (χ0) is 12.7. The fourth-order valence-corrected chi connectivity index (χ4v) is 1.94. The number of anilines is 1. The van der Waals surface area contributed by atoms with Crippen molar-refractivity contribution >= 4 is 16.7 Å². The van der Waals surface area contributed by atoms with Crippen LogP contribution in [0.3, 0.4) is 0 Å². The van der Waals surface area contributed by atoms with Crippen molar-refractivity contribution in [2.75, 3.05) is 5.73 Å². The molecule has 18 heavy (non-hydrogen) atoms. The van der Waals surface area contributed by atoms with Crippen LogP contribution >= 0.6 is 0 Å². The predicted octanol–water partition coefficient (Wildman–Crippen LogP) is 1.42. The lowest BCUT2D eigenvalue weighted by Crippen LogP contribution is -1.87. The van der Waals surface area contributed by atoms with Gasteiger partial charge in [-0.05, 0) is 12.1 Å². The monoisotopic (exact) mass is 238 g/mol. The number of nitrogens with one attached hydrogen (secondary N) is 1. The van der Waals surface area contributed by atoms with Gasteiger partial charge in [-0.3, -0.25) is 4.68 Å². The van der Waals surface area contributed by atoms with Crippen LogP contribution in [0.15, 0.2) is 24.5 Å². The van der Waals surface area contributed by atoms with Gasteiger partial charge in [-0.15, -0.1) is 0 Å². The van der Waals surface area contributed by atoms with Crippen LogP contribution in [0.4, 0.5) is 5.69 Å². The van der Waals surface area contributed by atoms with Crippen molar-refractivity contribution < 1.29 is 0 Å². The molecule has 3 aromatic rings. The van der Waals surface area contributed by atoms with Crippen LogP contribution < -0.4 is 5.73 Å². The number of rotatable bonds is 1. The van der Waals surface area contributed by atoms with E-state index in [1.165, 1.54) is 0 Å². The first-order valence-corrected chi connectivity index (χ1v) is 5.36. The molecule has 3 aromatic heterocycles. The standard InChI is InChI=1S/C12H10N6/c1-18-6-7(5-13)11(17-18)10-4-8-9(14)2-3-15-12(8)16-10/h2-4,6H,1H3,(H3,14,15,16). The van der Waals surface area contributed by atoms with Gasteiger partial charge in [0.2, 0.25) is 0 Å². The van der Waals surface area contributed by atoms with Gasteiger partial charge in [0, 0.05) is 30.5 Å². The van der Waals surface area contributed by atoms with Crippen LogP contribution in [0.5, 0.6) is 0 Å². The molecule has 0 spiro atoms. The van der Waals surface area contributed by atoms with Gasteiger partial charge in [0.1, 0.15) is 17.4 Å². The number of nitrogen functional groups attached to an aromatic ring is 1. The van der Waals surface area contributed by atoms with Crippen LogP contribution in [0.2, 0.25) is 0 Å². The summed E-state index contributed by atoms with van der Waals surface area (Å²) in [4.78, 5) is 7.32. The maximum Gasteiger partial charge on any atom is 0.139 e. The van der Waals surface area contributed by atoms with Gasteiger partial charge in [0.15, 0.2) is 0 Å². The molecule has 0 saturated carbocycles. The van der Waals surface area contributed by atoms with Crippen molar-refractivity contribution in [2.45, 2.75) is 0 Å². The van der Waals surface area contributed by atoms with E-state index in [1.54, 1.807) is 30.2 Å². The summed E-state index contributed by atoms with van der Waals surface area (Å²) in [6.07, 6.45) is 3.32. The van der Waals surface area contributed by atoms with Crippen molar-refractivity contribution in [2.24, 2.45) is 7.05 Å². The predicted molar refractivity (Wildman–Crippen MR) is 67.4 cm³/mol. The third kappa shape index (κ3) is 1.42. The van der Waals surface area contributed by atoms with E-state index >= 15 is 0 Å². The summed E-state index contributed by atoms with van der Waals surface area (Å²) in [6, 6.07) is 5.72. The normalized spacial score (nSPS) is 10.7. The second-order valence-corrected chi connectivity index (χ2v) is 4.02. The van der Waals surface area contributed by atoms with E-state index in [-0.39, 0.29) is 0 Å². The molecule has 0 aliphatic rings. The van der Waals surface area contributed by atoms with Gasteiger partial charge >= 0.3 is 0 Å². The van der Waals surface area contributed by atoms with Gasteiger partial charge in [0.05, 0.1) is 11.3 Å². The van der Waals surface area contributed by atoms with E-state index in [0.717, 1.165) is 11.1 Å². The number of hydrogen-bond donors (Lipinski definition) is 2. The summed E-state index contributed by atoms with van der Waals surface area (Å²) >= 11 is 0. The first-order valence-electron chi connectivity index (χ1n) is 5.36. The molecule has 0 aliphatic heterocycles. The molecule has 6 nitrogen and oxygen atoms in total. The van der Waals surface area contributed by atoms with E-state index in [4.69, 9.17) is 11.0 Å². The number of H-pyrrole nitrogens is 1. The average molecular weight is 238 g/mol. The molecule has 0 saturated heterocycles. The molecule has 0 aliphatic carbocycles. The number of pyridine rings is 1. The highest BCUT2D eigenvalue weighted by atomic mass is 15.3. The lowest BCUT2D eigenvalue weighted by atomic mass is 10.2. The third-order valence-corrected chi connectivity index (χ3v) is 2.77. The molecule has 3 N–H and O–H groups in total. The van der Waals surface area contributed by atoms with Gasteiger partial charge in [-0.2, -0.15) is 10.4 Å². The molecular weight excluding hydrogens is 228 g/mol. The van der Waals surface area contributed by atoms with Crippen molar-refractivity contribution in [3.05, 3.63) is 30.1 Å². The first kappa shape index (κ1) is 10.4. The van der Waals surface area contributed by atoms with Crippen molar-refractivity contribution in [1.29, 1.82) is 5.26 Å². The molecule has 3 rings (SSSR count). The van der Waals surface area contributed by atoms with Crippen LogP contribution in [0.25, 0.3) is 22.4 Å². The van der Waals surface area contributed by atoms with Crippen LogP contribution in [-0.2, 0) is 7.05 Å². The number of nitrogens with zero attached hydrogens (tertiary/aromatic N) is 4. The second-order valence-electron chi connectivity index (χ2n) is 4.02. The Balaban J connectivity index is 2.26. The summed E-state index contributed by atoms with van der Waals surface area (Å²) in [5.74, 6) is 0. The number of nitriles is 1. The van der Waals surface area contributed by atoms with Gasteiger partial charge in [0.25, 0.3) is 0 Å². The summed E-state index contributed by atoms with van der Waals surface area (Å²) in [5, 5.41) is 14.2. The van der Waals surface area contributed by atoms with Gasteiger partial charge in [-0.25, -0.2) is 4.98 Å². The number of hydrogen-bond acceptors (Lipinski definition) is 4. The quantitative estimate of drug-likeness (QED) is 0.670. The highest BCUT2D eigenvalue weighted by Gasteiger charge is 2.13. The van der Waals surface area contributed by atoms with E-state index in [9.17, 15) is 0 Å². The molecule has 0 fully saturated rings. The second kappa shape index (κ2) is 3.60. The molecular formula is C12H10N6. The third-order valence-electron chi connectivity index (χ3n) is 2.77.